The highest BCUT2D eigenvalue weighted by atomic mass is 19.4. The molecule has 0 aliphatic carbocycles. The SMILES string of the molecule is Cc1nccnc1-c1[nH]n2c(=O)cc(-c3ccc(O[C@H](c4ccccc4)C(F)(F)F)cc3)nc2c1C(=O)O. The first-order chi connectivity index (χ1) is 18.1. The monoisotopic (exact) mass is 521 g/mol. The van der Waals surface area contributed by atoms with E-state index in [4.69, 9.17) is 4.74 Å². The van der Waals surface area contributed by atoms with Crippen molar-refractivity contribution in [2.24, 2.45) is 0 Å². The van der Waals surface area contributed by atoms with Crippen molar-refractivity contribution in [1.82, 2.24) is 24.6 Å². The smallest absolute Gasteiger partial charge is 0.429 e. The predicted molar refractivity (Wildman–Crippen MR) is 130 cm³/mol. The molecule has 0 saturated carbocycles. The van der Waals surface area contributed by atoms with E-state index in [0.717, 1.165) is 4.52 Å². The third kappa shape index (κ3) is 4.59. The number of halogens is 3. The summed E-state index contributed by atoms with van der Waals surface area (Å²) >= 11 is 0. The van der Waals surface area contributed by atoms with Crippen molar-refractivity contribution in [2.75, 3.05) is 0 Å². The number of fused-ring (bicyclic) bond motifs is 1. The molecular weight excluding hydrogens is 503 g/mol. The molecule has 3 heterocycles. The highest BCUT2D eigenvalue weighted by molar-refractivity contribution is 6.01. The molecule has 0 bridgehead atoms. The van der Waals surface area contributed by atoms with E-state index in [2.05, 4.69) is 20.1 Å². The second kappa shape index (κ2) is 9.47. The Labute approximate surface area is 212 Å². The average molecular weight is 521 g/mol. The largest absolute Gasteiger partial charge is 0.477 e. The van der Waals surface area contributed by atoms with E-state index in [-0.39, 0.29) is 39.6 Å². The van der Waals surface area contributed by atoms with Gasteiger partial charge < -0.3 is 9.84 Å². The molecular formula is C26H18F3N5O4. The van der Waals surface area contributed by atoms with Crippen LogP contribution in [0.1, 0.15) is 27.7 Å². The van der Waals surface area contributed by atoms with Gasteiger partial charge in [0.2, 0.25) is 6.10 Å². The van der Waals surface area contributed by atoms with Crippen molar-refractivity contribution in [1.29, 1.82) is 0 Å². The zero-order chi connectivity index (χ0) is 27.0. The summed E-state index contributed by atoms with van der Waals surface area (Å²) in [5, 5.41) is 12.6. The molecule has 5 rings (SSSR count). The number of H-pyrrole nitrogens is 1. The summed E-state index contributed by atoms with van der Waals surface area (Å²) in [5.41, 5.74) is 0.177. The van der Waals surface area contributed by atoms with Crippen LogP contribution in [-0.2, 0) is 0 Å². The number of rotatable bonds is 6. The number of hydrogen-bond acceptors (Lipinski definition) is 6. The first kappa shape index (κ1) is 24.7. The first-order valence-corrected chi connectivity index (χ1v) is 11.2. The predicted octanol–water partition coefficient (Wildman–Crippen LogP) is 4.84. The molecule has 0 amide bonds. The molecule has 0 spiro atoms. The van der Waals surface area contributed by atoms with Gasteiger partial charge in [0.15, 0.2) is 5.65 Å². The summed E-state index contributed by atoms with van der Waals surface area (Å²) in [7, 11) is 0. The minimum Gasteiger partial charge on any atom is -0.477 e. The number of aromatic nitrogens is 5. The van der Waals surface area contributed by atoms with E-state index in [1.807, 2.05) is 0 Å². The highest BCUT2D eigenvalue weighted by Crippen LogP contribution is 2.37. The molecule has 0 aliphatic rings. The molecule has 0 aliphatic heterocycles. The lowest BCUT2D eigenvalue weighted by atomic mass is 10.1. The van der Waals surface area contributed by atoms with Crippen molar-refractivity contribution in [2.45, 2.75) is 19.2 Å². The molecule has 0 radical (unpaired) electrons. The van der Waals surface area contributed by atoms with Crippen LogP contribution in [0.15, 0.2) is 77.9 Å². The van der Waals surface area contributed by atoms with Crippen LogP contribution in [0.5, 0.6) is 5.75 Å². The van der Waals surface area contributed by atoms with Crippen LogP contribution < -0.4 is 10.3 Å². The molecule has 0 fully saturated rings. The number of ether oxygens (including phenoxy) is 1. The number of carboxylic acid groups (broad SMARTS) is 1. The molecule has 2 N–H and O–H groups in total. The van der Waals surface area contributed by atoms with E-state index in [0.29, 0.717) is 11.3 Å². The minimum absolute atomic E-state index is 0.0491. The number of aromatic carboxylic acids is 1. The Kier molecular flexibility index (Phi) is 6.15. The van der Waals surface area contributed by atoms with Crippen LogP contribution in [0.4, 0.5) is 13.2 Å². The van der Waals surface area contributed by atoms with E-state index in [1.165, 1.54) is 67.0 Å². The van der Waals surface area contributed by atoms with E-state index >= 15 is 0 Å². The van der Waals surface area contributed by atoms with E-state index in [1.54, 1.807) is 13.0 Å². The Bertz CT molecular complexity index is 1700. The van der Waals surface area contributed by atoms with Crippen molar-refractivity contribution in [3.63, 3.8) is 0 Å². The summed E-state index contributed by atoms with van der Waals surface area (Å²) < 4.78 is 47.2. The van der Waals surface area contributed by atoms with Gasteiger partial charge in [0, 0.05) is 29.6 Å². The van der Waals surface area contributed by atoms with Gasteiger partial charge >= 0.3 is 12.1 Å². The normalized spacial score (nSPS) is 12.4. The van der Waals surface area contributed by atoms with Crippen LogP contribution in [0.3, 0.4) is 0 Å². The van der Waals surface area contributed by atoms with Gasteiger partial charge in [-0.3, -0.25) is 19.9 Å². The summed E-state index contributed by atoms with van der Waals surface area (Å²) in [6.07, 6.45) is -3.97. The highest BCUT2D eigenvalue weighted by Gasteiger charge is 2.43. The molecule has 5 aromatic rings. The van der Waals surface area contributed by atoms with Gasteiger partial charge in [-0.05, 0) is 31.2 Å². The maximum Gasteiger partial charge on any atom is 0.429 e. The van der Waals surface area contributed by atoms with Crippen molar-refractivity contribution in [3.05, 3.63) is 100 Å². The fourth-order valence-electron chi connectivity index (χ4n) is 4.00. The number of nitrogens with one attached hydrogen (secondary N) is 1. The fourth-order valence-corrected chi connectivity index (χ4v) is 4.00. The van der Waals surface area contributed by atoms with Crippen molar-refractivity contribution >= 4 is 11.6 Å². The van der Waals surface area contributed by atoms with Gasteiger partial charge in [-0.2, -0.15) is 13.2 Å². The Morgan fingerprint density at radius 3 is 2.37 bits per heavy atom. The zero-order valence-corrected chi connectivity index (χ0v) is 19.6. The molecule has 192 valence electrons. The Balaban J connectivity index is 1.53. The van der Waals surface area contributed by atoms with Gasteiger partial charge in [0.25, 0.3) is 5.56 Å². The van der Waals surface area contributed by atoms with E-state index in [9.17, 15) is 27.9 Å². The van der Waals surface area contributed by atoms with Crippen LogP contribution in [0.25, 0.3) is 28.3 Å². The van der Waals surface area contributed by atoms with Crippen LogP contribution in [0, 0.1) is 6.92 Å². The molecule has 9 nitrogen and oxygen atoms in total. The standard InChI is InChI=1S/C26H18F3N5O4/c1-14-21(31-12-11-30-14)22-20(25(36)37)24-32-18(13-19(35)34(24)33-22)15-7-9-17(10-8-15)38-23(26(27,28)29)16-5-3-2-4-6-16/h2-13,23,33H,1H3,(H,36,37)/t23-/m1/s1. The minimum atomic E-state index is -4.65. The summed E-state index contributed by atoms with van der Waals surface area (Å²) in [4.78, 5) is 37.7. The number of carboxylic acids is 1. The second-order valence-electron chi connectivity index (χ2n) is 8.27. The third-order valence-electron chi connectivity index (χ3n) is 5.75. The maximum atomic E-state index is 13.6. The van der Waals surface area contributed by atoms with Gasteiger partial charge in [-0.25, -0.2) is 14.3 Å². The number of aryl methyl sites for hydroxylation is 1. The Morgan fingerprint density at radius 1 is 1.05 bits per heavy atom. The molecule has 12 heteroatoms. The second-order valence-corrected chi connectivity index (χ2v) is 8.27. The number of alkyl halides is 3. The first-order valence-electron chi connectivity index (χ1n) is 11.2. The van der Waals surface area contributed by atoms with Crippen LogP contribution in [-0.4, -0.2) is 41.8 Å². The van der Waals surface area contributed by atoms with Gasteiger partial charge in [0.1, 0.15) is 22.7 Å². The molecule has 0 unspecified atom stereocenters. The summed E-state index contributed by atoms with van der Waals surface area (Å²) in [6, 6.07) is 13.9. The van der Waals surface area contributed by atoms with Gasteiger partial charge in [-0.1, -0.05) is 30.3 Å². The lowest BCUT2D eigenvalue weighted by Gasteiger charge is -2.22. The maximum absolute atomic E-state index is 13.6. The summed E-state index contributed by atoms with van der Waals surface area (Å²) in [5.74, 6) is -1.39. The summed E-state index contributed by atoms with van der Waals surface area (Å²) in [6.45, 7) is 1.64. The molecule has 38 heavy (non-hydrogen) atoms. The zero-order valence-electron chi connectivity index (χ0n) is 19.6. The van der Waals surface area contributed by atoms with Crippen LogP contribution in [0.2, 0.25) is 0 Å². The molecule has 0 saturated heterocycles. The quantitative estimate of drug-likeness (QED) is 0.328. The van der Waals surface area contributed by atoms with Crippen molar-refractivity contribution in [3.8, 4) is 28.4 Å². The number of carbonyl (C=O) groups is 1. The van der Waals surface area contributed by atoms with Gasteiger partial charge in [-0.15, -0.1) is 0 Å². The van der Waals surface area contributed by atoms with Gasteiger partial charge in [0.05, 0.1) is 11.4 Å². The third-order valence-corrected chi connectivity index (χ3v) is 5.75. The lowest BCUT2D eigenvalue weighted by Crippen LogP contribution is -2.26. The molecule has 3 aromatic heterocycles. The Morgan fingerprint density at radius 2 is 1.74 bits per heavy atom. The number of nitrogens with zero attached hydrogens (tertiary/aromatic N) is 4. The Hall–Kier alpha value is -5.00. The van der Waals surface area contributed by atoms with E-state index < -0.39 is 23.8 Å². The number of benzene rings is 2. The molecule has 2 aromatic carbocycles. The fraction of sp³-hybridized carbons (Fsp3) is 0.115. The van der Waals surface area contributed by atoms with Crippen molar-refractivity contribution < 1.29 is 27.8 Å². The lowest BCUT2D eigenvalue weighted by molar-refractivity contribution is -0.198. The average Bonchev–Trinajstić information content (AvgIpc) is 3.28. The topological polar surface area (TPSA) is 122 Å². The molecule has 1 atom stereocenters. The van der Waals surface area contributed by atoms with Crippen LogP contribution >= 0.6 is 0 Å². The number of aromatic amines is 1. The number of hydrogen-bond donors (Lipinski definition) is 2.